The maximum atomic E-state index is 12.3. The van der Waals surface area contributed by atoms with Gasteiger partial charge >= 0.3 is 0 Å². The van der Waals surface area contributed by atoms with Crippen molar-refractivity contribution in [2.45, 2.75) is 13.3 Å². The molecule has 0 spiro atoms. The Hall–Kier alpha value is -1.92. The summed E-state index contributed by atoms with van der Waals surface area (Å²) in [6.07, 6.45) is 5.36. The van der Waals surface area contributed by atoms with Gasteiger partial charge in [-0.3, -0.25) is 9.69 Å². The molecule has 0 atom stereocenters. The first-order valence-electron chi connectivity index (χ1n) is 8.49. The summed E-state index contributed by atoms with van der Waals surface area (Å²) in [5, 5.41) is 3.78. The number of aryl methyl sites for hydroxylation is 1. The Bertz CT molecular complexity index is 731. The third-order valence-electron chi connectivity index (χ3n) is 4.29. The summed E-state index contributed by atoms with van der Waals surface area (Å²) < 4.78 is 6.16. The quantitative estimate of drug-likeness (QED) is 0.764. The number of halogens is 1. The largest absolute Gasteiger partial charge is 0.351 e. The molecule has 1 saturated heterocycles. The smallest absolute Gasteiger partial charge is 0.292 e. The average molecular weight is 404 g/mol. The zero-order valence-corrected chi connectivity index (χ0v) is 15.9. The Kier molecular flexibility index (Phi) is 6.04. The van der Waals surface area contributed by atoms with Crippen LogP contribution in [0, 0.1) is 6.92 Å². The summed E-state index contributed by atoms with van der Waals surface area (Å²) in [6, 6.07) is 9.98. The average Bonchev–Trinajstić information content (AvgIpc) is 3.06. The number of carbonyl (C=O) groups excluding carboxylic acids is 1. The minimum absolute atomic E-state index is 0.0598. The van der Waals surface area contributed by atoms with Crippen LogP contribution in [0.15, 0.2) is 45.4 Å². The summed E-state index contributed by atoms with van der Waals surface area (Å²) in [7, 11) is 0. The van der Waals surface area contributed by atoms with Crippen LogP contribution in [0.4, 0.5) is 0 Å². The van der Waals surface area contributed by atoms with Gasteiger partial charge in [-0.25, -0.2) is 0 Å². The molecule has 1 amide bonds. The highest BCUT2D eigenvalue weighted by Crippen LogP contribution is 2.13. The maximum Gasteiger partial charge on any atom is 0.292 e. The number of aromatic nitrogens is 1. The number of nitrogens with zero attached hydrogens (tertiary/aromatic N) is 3. The third kappa shape index (κ3) is 5.03. The highest BCUT2D eigenvalue weighted by Gasteiger charge is 2.24. The number of hydrogen-bond donors (Lipinski definition) is 0. The Morgan fingerprint density at radius 3 is 2.60 bits per heavy atom. The molecule has 5 nitrogen and oxygen atoms in total. The predicted molar refractivity (Wildman–Crippen MR) is 101 cm³/mol. The standard InChI is InChI=1S/C19H22BrN3O2/c1-15-14-18(25-21-15)19(24)23-12-10-22(11-13-23)9-3-2-4-16-5-7-17(20)8-6-16/h2,4-8,14H,3,9-13H2,1H3/b4-2+. The van der Waals surface area contributed by atoms with Gasteiger partial charge in [0.25, 0.3) is 5.91 Å². The monoisotopic (exact) mass is 403 g/mol. The molecule has 132 valence electrons. The fourth-order valence-electron chi connectivity index (χ4n) is 2.85. The van der Waals surface area contributed by atoms with Crippen molar-refractivity contribution in [1.29, 1.82) is 0 Å². The highest BCUT2D eigenvalue weighted by atomic mass is 79.9. The van der Waals surface area contributed by atoms with Crippen molar-refractivity contribution < 1.29 is 9.32 Å². The fraction of sp³-hybridized carbons (Fsp3) is 0.368. The zero-order chi connectivity index (χ0) is 17.6. The summed E-state index contributed by atoms with van der Waals surface area (Å²) in [5.41, 5.74) is 1.94. The number of rotatable bonds is 5. The van der Waals surface area contributed by atoms with Crippen molar-refractivity contribution in [3.05, 3.63) is 57.9 Å². The number of carbonyl (C=O) groups is 1. The minimum atomic E-state index is -0.0598. The topological polar surface area (TPSA) is 49.6 Å². The molecule has 0 saturated carbocycles. The summed E-state index contributed by atoms with van der Waals surface area (Å²) in [5.74, 6) is 0.277. The number of benzene rings is 1. The molecule has 1 aliphatic rings. The number of amides is 1. The normalized spacial score (nSPS) is 15.8. The molecule has 2 heterocycles. The van der Waals surface area contributed by atoms with E-state index in [1.807, 2.05) is 24.0 Å². The van der Waals surface area contributed by atoms with Crippen LogP contribution in [0.3, 0.4) is 0 Å². The van der Waals surface area contributed by atoms with E-state index in [0.717, 1.165) is 49.3 Å². The predicted octanol–water partition coefficient (Wildman–Crippen LogP) is 3.61. The van der Waals surface area contributed by atoms with Crippen LogP contribution in [-0.2, 0) is 0 Å². The van der Waals surface area contributed by atoms with Crippen molar-refractivity contribution in [3.63, 3.8) is 0 Å². The van der Waals surface area contributed by atoms with Gasteiger partial charge < -0.3 is 9.42 Å². The van der Waals surface area contributed by atoms with Crippen molar-refractivity contribution >= 4 is 27.9 Å². The van der Waals surface area contributed by atoms with E-state index in [2.05, 4.69) is 50.3 Å². The van der Waals surface area contributed by atoms with Crippen molar-refractivity contribution in [2.75, 3.05) is 32.7 Å². The lowest BCUT2D eigenvalue weighted by Gasteiger charge is -2.34. The van der Waals surface area contributed by atoms with Crippen LogP contribution in [0.25, 0.3) is 6.08 Å². The molecule has 0 N–H and O–H groups in total. The molecular formula is C19H22BrN3O2. The van der Waals surface area contributed by atoms with Gasteiger partial charge in [-0.15, -0.1) is 0 Å². The van der Waals surface area contributed by atoms with E-state index in [4.69, 9.17) is 4.52 Å². The van der Waals surface area contributed by atoms with E-state index in [0.29, 0.717) is 5.76 Å². The summed E-state index contributed by atoms with van der Waals surface area (Å²) >= 11 is 3.44. The second kappa shape index (κ2) is 8.45. The van der Waals surface area contributed by atoms with Gasteiger partial charge in [-0.05, 0) is 31.0 Å². The van der Waals surface area contributed by atoms with E-state index < -0.39 is 0 Å². The van der Waals surface area contributed by atoms with Crippen LogP contribution in [-0.4, -0.2) is 53.6 Å². The molecular weight excluding hydrogens is 382 g/mol. The molecule has 1 fully saturated rings. The highest BCUT2D eigenvalue weighted by molar-refractivity contribution is 9.10. The van der Waals surface area contributed by atoms with Gasteiger partial charge in [0.15, 0.2) is 0 Å². The Labute approximate surface area is 156 Å². The molecule has 0 radical (unpaired) electrons. The molecule has 0 bridgehead atoms. The molecule has 3 rings (SSSR count). The van der Waals surface area contributed by atoms with Gasteiger partial charge in [-0.2, -0.15) is 0 Å². The molecule has 1 aromatic heterocycles. The Balaban J connectivity index is 1.40. The molecule has 2 aromatic rings. The molecule has 25 heavy (non-hydrogen) atoms. The number of piperazine rings is 1. The van der Waals surface area contributed by atoms with Crippen LogP contribution < -0.4 is 0 Å². The summed E-state index contributed by atoms with van der Waals surface area (Å²) in [6.45, 7) is 6.08. The molecule has 1 aromatic carbocycles. The molecule has 0 unspecified atom stereocenters. The second-order valence-corrected chi connectivity index (χ2v) is 7.12. The van der Waals surface area contributed by atoms with E-state index in [9.17, 15) is 4.79 Å². The van der Waals surface area contributed by atoms with E-state index in [1.54, 1.807) is 6.07 Å². The van der Waals surface area contributed by atoms with Crippen molar-refractivity contribution in [2.24, 2.45) is 0 Å². The van der Waals surface area contributed by atoms with Crippen LogP contribution in [0.5, 0.6) is 0 Å². The molecule has 6 heteroatoms. The first kappa shape index (κ1) is 17.9. The van der Waals surface area contributed by atoms with Gasteiger partial charge in [-0.1, -0.05) is 45.4 Å². The summed E-state index contributed by atoms with van der Waals surface area (Å²) in [4.78, 5) is 16.6. The van der Waals surface area contributed by atoms with Crippen LogP contribution in [0.2, 0.25) is 0 Å². The zero-order valence-electron chi connectivity index (χ0n) is 14.3. The van der Waals surface area contributed by atoms with Crippen molar-refractivity contribution in [1.82, 2.24) is 15.0 Å². The van der Waals surface area contributed by atoms with E-state index in [-0.39, 0.29) is 5.91 Å². The first-order valence-corrected chi connectivity index (χ1v) is 9.28. The van der Waals surface area contributed by atoms with Crippen LogP contribution >= 0.6 is 15.9 Å². The van der Waals surface area contributed by atoms with Crippen molar-refractivity contribution in [3.8, 4) is 0 Å². The molecule has 0 aliphatic carbocycles. The Morgan fingerprint density at radius 2 is 1.96 bits per heavy atom. The minimum Gasteiger partial charge on any atom is -0.351 e. The van der Waals surface area contributed by atoms with Gasteiger partial charge in [0, 0.05) is 43.3 Å². The first-order chi connectivity index (χ1) is 12.1. The van der Waals surface area contributed by atoms with E-state index in [1.165, 1.54) is 5.56 Å². The fourth-order valence-corrected chi connectivity index (χ4v) is 3.11. The van der Waals surface area contributed by atoms with E-state index >= 15 is 0 Å². The molecule has 1 aliphatic heterocycles. The SMILES string of the molecule is Cc1cc(C(=O)N2CCN(CC/C=C/c3ccc(Br)cc3)CC2)on1. The second-order valence-electron chi connectivity index (χ2n) is 6.21. The Morgan fingerprint density at radius 1 is 1.24 bits per heavy atom. The third-order valence-corrected chi connectivity index (χ3v) is 4.82. The lowest BCUT2D eigenvalue weighted by Crippen LogP contribution is -2.48. The lowest BCUT2D eigenvalue weighted by molar-refractivity contribution is 0.0599. The van der Waals surface area contributed by atoms with Crippen LogP contribution in [0.1, 0.15) is 28.2 Å². The van der Waals surface area contributed by atoms with Gasteiger partial charge in [0.2, 0.25) is 5.76 Å². The number of hydrogen-bond acceptors (Lipinski definition) is 4. The maximum absolute atomic E-state index is 12.3. The lowest BCUT2D eigenvalue weighted by atomic mass is 10.2. The van der Waals surface area contributed by atoms with Gasteiger partial charge in [0.1, 0.15) is 0 Å². The van der Waals surface area contributed by atoms with Gasteiger partial charge in [0.05, 0.1) is 5.69 Å².